The van der Waals surface area contributed by atoms with Gasteiger partial charge >= 0.3 is 0 Å². The second-order valence-corrected chi connectivity index (χ2v) is 0. The van der Waals surface area contributed by atoms with Crippen molar-refractivity contribution >= 4 is 236 Å². The van der Waals surface area contributed by atoms with Crippen molar-refractivity contribution < 1.29 is 19.5 Å². The standard InChI is InChI=1S/8Na.Zn. The maximum atomic E-state index is 0. The van der Waals surface area contributed by atoms with Crippen LogP contribution in [0.1, 0.15) is 0 Å². The second kappa shape index (κ2) is 54.6. The molecule has 0 unspecified atom stereocenters. The minimum Gasteiger partial charge on any atom is 0 e. The number of hydrogen-bond donors (Lipinski definition) is 0. The first-order valence-electron chi connectivity index (χ1n) is 0. The third kappa shape index (κ3) is 47.8. The molecule has 0 aliphatic carbocycles. The molecular formula is Na8Zn. The van der Waals surface area contributed by atoms with Gasteiger partial charge in [0.15, 0.2) is 0 Å². The van der Waals surface area contributed by atoms with Crippen molar-refractivity contribution in [2.75, 3.05) is 0 Å². The van der Waals surface area contributed by atoms with Crippen molar-refractivity contribution in [3.63, 3.8) is 0 Å². The summed E-state index contributed by atoms with van der Waals surface area (Å²) in [5.41, 5.74) is 0. The van der Waals surface area contributed by atoms with E-state index in [0.717, 1.165) is 0 Å². The first kappa shape index (κ1) is 65.5. The summed E-state index contributed by atoms with van der Waals surface area (Å²) < 4.78 is 0. The van der Waals surface area contributed by atoms with Gasteiger partial charge in [-0.25, -0.2) is 0 Å². The molecule has 0 N–H and O–H groups in total. The topological polar surface area (TPSA) is 0 Å². The van der Waals surface area contributed by atoms with Gasteiger partial charge in [0.1, 0.15) is 0 Å². The summed E-state index contributed by atoms with van der Waals surface area (Å²) in [7, 11) is 0. The zero-order chi connectivity index (χ0) is 0. The van der Waals surface area contributed by atoms with Gasteiger partial charge in [0.2, 0.25) is 0 Å². The monoisotopic (exact) mass is 248 g/mol. The summed E-state index contributed by atoms with van der Waals surface area (Å²) in [6.45, 7) is 0. The maximum absolute atomic E-state index is 0. The molecule has 9 heteroatoms. The molecule has 0 aromatic carbocycles. The van der Waals surface area contributed by atoms with Crippen LogP contribution in [0.5, 0.6) is 0 Å². The molecule has 0 aliphatic rings. The van der Waals surface area contributed by atoms with Gasteiger partial charge < -0.3 is 0 Å². The number of rotatable bonds is 0. The van der Waals surface area contributed by atoms with Crippen molar-refractivity contribution in [2.45, 2.75) is 0 Å². The van der Waals surface area contributed by atoms with Crippen molar-refractivity contribution in [3.8, 4) is 0 Å². The Kier molecular flexibility index (Phi) is 397. The summed E-state index contributed by atoms with van der Waals surface area (Å²) in [6.07, 6.45) is 0. The fourth-order valence-electron chi connectivity index (χ4n) is 0. The van der Waals surface area contributed by atoms with Crippen LogP contribution in [0, 0.1) is 0 Å². The molecule has 0 aromatic rings. The fraction of sp³-hybridized carbons (Fsp3) is 0. The van der Waals surface area contributed by atoms with E-state index in [-0.39, 0.29) is 256 Å². The van der Waals surface area contributed by atoms with Gasteiger partial charge in [-0.3, -0.25) is 0 Å². The molecule has 0 rings (SSSR count). The van der Waals surface area contributed by atoms with Crippen molar-refractivity contribution in [2.24, 2.45) is 0 Å². The Balaban J connectivity index is 0. The quantitative estimate of drug-likeness (QED) is 0.400. The molecule has 0 saturated heterocycles. The van der Waals surface area contributed by atoms with Crippen LogP contribution in [0.4, 0.5) is 0 Å². The summed E-state index contributed by atoms with van der Waals surface area (Å²) in [4.78, 5) is 0. The van der Waals surface area contributed by atoms with Crippen molar-refractivity contribution in [1.82, 2.24) is 0 Å². The largest absolute Gasteiger partial charge is 0 e. The summed E-state index contributed by atoms with van der Waals surface area (Å²) >= 11 is 0. The van der Waals surface area contributed by atoms with Crippen LogP contribution >= 0.6 is 0 Å². The van der Waals surface area contributed by atoms with Crippen LogP contribution in [0.3, 0.4) is 0 Å². The molecule has 0 saturated carbocycles. The molecule has 0 aromatic heterocycles. The first-order chi connectivity index (χ1) is 0. The molecule has 10 valence electrons. The SMILES string of the molecule is [Na].[Na].[Na].[Na].[Na].[Na].[Na].[Na].[Zn]. The number of hydrogen-bond acceptors (Lipinski definition) is 0. The summed E-state index contributed by atoms with van der Waals surface area (Å²) in [5.74, 6) is 0. The molecule has 0 atom stereocenters. The predicted octanol–water partition coefficient (Wildman–Crippen LogP) is -3.05. The molecule has 0 heterocycles. The minimum absolute atomic E-state index is 0. The van der Waals surface area contributed by atoms with Crippen LogP contribution in [-0.4, -0.2) is 236 Å². The Hall–Kier alpha value is 8.62. The van der Waals surface area contributed by atoms with Crippen LogP contribution in [0.25, 0.3) is 0 Å². The zero-order valence-corrected chi connectivity index (χ0v) is 27.7. The molecular weight excluding hydrogens is 249 g/mol. The van der Waals surface area contributed by atoms with Gasteiger partial charge in [-0.1, -0.05) is 0 Å². The van der Waals surface area contributed by atoms with Crippen LogP contribution in [0.15, 0.2) is 0 Å². The van der Waals surface area contributed by atoms with Gasteiger partial charge in [0.25, 0.3) is 0 Å². The average molecular weight is 249 g/mol. The minimum atomic E-state index is 0. The van der Waals surface area contributed by atoms with Crippen molar-refractivity contribution in [1.29, 1.82) is 0 Å². The molecule has 0 bridgehead atoms. The molecule has 0 aliphatic heterocycles. The molecule has 0 amide bonds. The zero-order valence-electron chi connectivity index (χ0n) is 8.71. The van der Waals surface area contributed by atoms with Crippen LogP contribution in [-0.2, 0) is 19.5 Å². The Morgan fingerprint density at radius 1 is 0.222 bits per heavy atom. The van der Waals surface area contributed by atoms with Gasteiger partial charge in [-0.2, -0.15) is 0 Å². The van der Waals surface area contributed by atoms with E-state index in [0.29, 0.717) is 0 Å². The summed E-state index contributed by atoms with van der Waals surface area (Å²) in [5, 5.41) is 0. The van der Waals surface area contributed by atoms with Gasteiger partial charge in [0, 0.05) is 256 Å². The molecule has 0 fully saturated rings. The normalized spacial score (nSPS) is 0. The smallest absolute Gasteiger partial charge is 0 e. The third-order valence-corrected chi connectivity index (χ3v) is 0. The molecule has 0 nitrogen and oxygen atoms in total. The van der Waals surface area contributed by atoms with E-state index < -0.39 is 0 Å². The van der Waals surface area contributed by atoms with Gasteiger partial charge in [0.05, 0.1) is 0 Å². The van der Waals surface area contributed by atoms with E-state index in [1.165, 1.54) is 0 Å². The van der Waals surface area contributed by atoms with Gasteiger partial charge in [-0.15, -0.1) is 0 Å². The van der Waals surface area contributed by atoms with E-state index in [2.05, 4.69) is 0 Å². The molecule has 8 radical (unpaired) electrons. The van der Waals surface area contributed by atoms with Crippen LogP contribution < -0.4 is 0 Å². The first-order valence-corrected chi connectivity index (χ1v) is 0. The predicted molar refractivity (Wildman–Crippen MR) is 46.0 cm³/mol. The Bertz CT molecular complexity index is 4.53. The molecule has 0 spiro atoms. The Labute approximate surface area is 248 Å². The van der Waals surface area contributed by atoms with Gasteiger partial charge in [-0.05, 0) is 0 Å². The van der Waals surface area contributed by atoms with E-state index >= 15 is 0 Å². The van der Waals surface area contributed by atoms with Crippen molar-refractivity contribution in [3.05, 3.63) is 0 Å². The Morgan fingerprint density at radius 3 is 0.222 bits per heavy atom. The average Bonchev–Trinajstić information content (AvgIpc) is 0. The second-order valence-electron chi connectivity index (χ2n) is 0. The summed E-state index contributed by atoms with van der Waals surface area (Å²) in [6, 6.07) is 0. The molecule has 9 heavy (non-hydrogen) atoms. The van der Waals surface area contributed by atoms with Crippen LogP contribution in [0.2, 0.25) is 0 Å². The Morgan fingerprint density at radius 2 is 0.222 bits per heavy atom. The van der Waals surface area contributed by atoms with E-state index in [1.807, 2.05) is 0 Å². The third-order valence-electron chi connectivity index (χ3n) is 0. The fourth-order valence-corrected chi connectivity index (χ4v) is 0. The van der Waals surface area contributed by atoms with E-state index in [1.54, 1.807) is 0 Å². The van der Waals surface area contributed by atoms with E-state index in [9.17, 15) is 0 Å². The maximum Gasteiger partial charge on any atom is 0 e. The van der Waals surface area contributed by atoms with E-state index in [4.69, 9.17) is 0 Å².